The maximum absolute atomic E-state index is 12.3. The van der Waals surface area contributed by atoms with Crippen molar-refractivity contribution in [2.75, 3.05) is 25.1 Å². The fourth-order valence-corrected chi connectivity index (χ4v) is 3.93. The summed E-state index contributed by atoms with van der Waals surface area (Å²) in [6.07, 6.45) is 3.42. The molecule has 3 rings (SSSR count). The number of benzene rings is 2. The zero-order valence-corrected chi connectivity index (χ0v) is 16.7. The smallest absolute Gasteiger partial charge is 0.220 e. The number of para-hydroxylation sites is 1. The van der Waals surface area contributed by atoms with Crippen molar-refractivity contribution in [1.29, 1.82) is 0 Å². The zero-order chi connectivity index (χ0) is 18.4. The quantitative estimate of drug-likeness (QED) is 0.735. The number of amides is 1. The standard InChI is InChI=1S/C21H25BrN2O2/c1-26-20-11-10-17(22)14-16(20)9-12-21(25)23-15-19-8-5-13-24(19)18-6-3-2-4-7-18/h2-4,6-7,10-11,14,19H,5,8-9,12-13,15H2,1H3,(H,23,25). The number of halogens is 1. The molecule has 0 bridgehead atoms. The predicted octanol–water partition coefficient (Wildman–Crippen LogP) is 4.18. The van der Waals surface area contributed by atoms with Crippen molar-refractivity contribution in [3.63, 3.8) is 0 Å². The van der Waals surface area contributed by atoms with Gasteiger partial charge in [-0.1, -0.05) is 34.1 Å². The van der Waals surface area contributed by atoms with E-state index < -0.39 is 0 Å². The number of methoxy groups -OCH3 is 1. The van der Waals surface area contributed by atoms with Crippen LogP contribution in [0.15, 0.2) is 53.0 Å². The molecule has 0 aromatic heterocycles. The largest absolute Gasteiger partial charge is 0.496 e. The fourth-order valence-electron chi connectivity index (χ4n) is 3.52. The summed E-state index contributed by atoms with van der Waals surface area (Å²) in [5, 5.41) is 3.11. The lowest BCUT2D eigenvalue weighted by Gasteiger charge is -2.27. The molecule has 0 aliphatic carbocycles. The van der Waals surface area contributed by atoms with Gasteiger partial charge in [0.15, 0.2) is 0 Å². The number of aryl methyl sites for hydroxylation is 1. The van der Waals surface area contributed by atoms with E-state index in [1.807, 2.05) is 24.3 Å². The molecular weight excluding hydrogens is 392 g/mol. The van der Waals surface area contributed by atoms with Crippen LogP contribution in [0.2, 0.25) is 0 Å². The lowest BCUT2D eigenvalue weighted by atomic mass is 10.1. The summed E-state index contributed by atoms with van der Waals surface area (Å²) < 4.78 is 6.38. The molecule has 1 unspecified atom stereocenters. The average Bonchev–Trinajstić information content (AvgIpc) is 3.14. The number of rotatable bonds is 7. The van der Waals surface area contributed by atoms with E-state index in [0.717, 1.165) is 28.8 Å². The molecule has 0 saturated carbocycles. The zero-order valence-electron chi connectivity index (χ0n) is 15.1. The molecule has 1 amide bonds. The van der Waals surface area contributed by atoms with E-state index in [1.165, 1.54) is 12.1 Å². The fraction of sp³-hybridized carbons (Fsp3) is 0.381. The summed E-state index contributed by atoms with van der Waals surface area (Å²) in [6.45, 7) is 1.75. The topological polar surface area (TPSA) is 41.6 Å². The highest BCUT2D eigenvalue weighted by atomic mass is 79.9. The lowest BCUT2D eigenvalue weighted by molar-refractivity contribution is -0.121. The third-order valence-electron chi connectivity index (χ3n) is 4.86. The van der Waals surface area contributed by atoms with Crippen LogP contribution >= 0.6 is 15.9 Å². The first-order chi connectivity index (χ1) is 12.7. The molecule has 1 fully saturated rings. The van der Waals surface area contributed by atoms with Crippen LogP contribution in [-0.4, -0.2) is 32.1 Å². The first-order valence-electron chi connectivity index (χ1n) is 9.08. The molecule has 1 saturated heterocycles. The monoisotopic (exact) mass is 416 g/mol. The van der Waals surface area contributed by atoms with Gasteiger partial charge in [-0.05, 0) is 55.2 Å². The summed E-state index contributed by atoms with van der Waals surface area (Å²) in [5.41, 5.74) is 2.28. The minimum absolute atomic E-state index is 0.0898. The second kappa shape index (κ2) is 9.08. The van der Waals surface area contributed by atoms with E-state index in [9.17, 15) is 4.79 Å². The Balaban J connectivity index is 1.50. The molecule has 1 atom stereocenters. The van der Waals surface area contributed by atoms with Crippen LogP contribution in [0.5, 0.6) is 5.75 Å². The molecule has 1 aliphatic heterocycles. The molecule has 2 aromatic carbocycles. The van der Waals surface area contributed by atoms with Crippen LogP contribution in [-0.2, 0) is 11.2 Å². The second-order valence-corrected chi connectivity index (χ2v) is 7.50. The number of nitrogens with zero attached hydrogens (tertiary/aromatic N) is 1. The summed E-state index contributed by atoms with van der Waals surface area (Å²) in [7, 11) is 1.66. The average molecular weight is 417 g/mol. The summed E-state index contributed by atoms with van der Waals surface area (Å²) >= 11 is 3.48. The van der Waals surface area contributed by atoms with Crippen LogP contribution in [0.4, 0.5) is 5.69 Å². The van der Waals surface area contributed by atoms with Gasteiger partial charge in [-0.2, -0.15) is 0 Å². The Labute approximate surface area is 163 Å². The number of carbonyl (C=O) groups excluding carboxylic acids is 1. The minimum atomic E-state index is 0.0898. The maximum atomic E-state index is 12.3. The van der Waals surface area contributed by atoms with Crippen molar-refractivity contribution in [3.8, 4) is 5.75 Å². The van der Waals surface area contributed by atoms with Crippen LogP contribution < -0.4 is 15.0 Å². The van der Waals surface area contributed by atoms with Gasteiger partial charge in [0.05, 0.1) is 7.11 Å². The highest BCUT2D eigenvalue weighted by Gasteiger charge is 2.24. The molecule has 138 valence electrons. The van der Waals surface area contributed by atoms with E-state index in [4.69, 9.17) is 4.74 Å². The van der Waals surface area contributed by atoms with Gasteiger partial charge in [-0.15, -0.1) is 0 Å². The first-order valence-corrected chi connectivity index (χ1v) is 9.87. The number of ether oxygens (including phenoxy) is 1. The Morgan fingerprint density at radius 1 is 1.27 bits per heavy atom. The van der Waals surface area contributed by atoms with Crippen LogP contribution in [0.25, 0.3) is 0 Å². The molecular formula is C21H25BrN2O2. The molecule has 1 heterocycles. The van der Waals surface area contributed by atoms with Crippen molar-refractivity contribution < 1.29 is 9.53 Å². The van der Waals surface area contributed by atoms with Crippen molar-refractivity contribution in [3.05, 3.63) is 58.6 Å². The first kappa shape index (κ1) is 18.8. The third-order valence-corrected chi connectivity index (χ3v) is 5.36. The molecule has 5 heteroatoms. The predicted molar refractivity (Wildman–Crippen MR) is 109 cm³/mol. The van der Waals surface area contributed by atoms with Gasteiger partial charge in [0.25, 0.3) is 0 Å². The van der Waals surface area contributed by atoms with E-state index >= 15 is 0 Å². The van der Waals surface area contributed by atoms with Gasteiger partial charge < -0.3 is 15.0 Å². The number of anilines is 1. The van der Waals surface area contributed by atoms with Crippen molar-refractivity contribution in [2.45, 2.75) is 31.7 Å². The molecule has 1 N–H and O–H groups in total. The highest BCUT2D eigenvalue weighted by Crippen LogP contribution is 2.25. The summed E-state index contributed by atoms with van der Waals surface area (Å²) in [5.74, 6) is 0.916. The van der Waals surface area contributed by atoms with Gasteiger partial charge in [0.2, 0.25) is 5.91 Å². The van der Waals surface area contributed by atoms with Gasteiger partial charge in [-0.3, -0.25) is 4.79 Å². The summed E-state index contributed by atoms with van der Waals surface area (Å²) in [6, 6.07) is 16.7. The Kier molecular flexibility index (Phi) is 6.56. The van der Waals surface area contributed by atoms with Gasteiger partial charge in [-0.25, -0.2) is 0 Å². The van der Waals surface area contributed by atoms with Crippen molar-refractivity contribution in [1.82, 2.24) is 5.32 Å². The Hall–Kier alpha value is -2.01. The van der Waals surface area contributed by atoms with Crippen molar-refractivity contribution >= 4 is 27.5 Å². The molecule has 26 heavy (non-hydrogen) atoms. The van der Waals surface area contributed by atoms with Crippen LogP contribution in [0, 0.1) is 0 Å². The van der Waals surface area contributed by atoms with Gasteiger partial charge in [0, 0.05) is 35.7 Å². The maximum Gasteiger partial charge on any atom is 0.220 e. The molecule has 1 aliphatic rings. The van der Waals surface area contributed by atoms with Gasteiger partial charge in [0.1, 0.15) is 5.75 Å². The molecule has 0 spiro atoms. The number of hydrogen-bond donors (Lipinski definition) is 1. The van der Waals surface area contributed by atoms with Crippen LogP contribution in [0.3, 0.4) is 0 Å². The van der Waals surface area contributed by atoms with Crippen LogP contribution in [0.1, 0.15) is 24.8 Å². The van der Waals surface area contributed by atoms with Crippen molar-refractivity contribution in [2.24, 2.45) is 0 Å². The van der Waals surface area contributed by atoms with E-state index in [-0.39, 0.29) is 5.91 Å². The Bertz CT molecular complexity index is 736. The number of nitrogens with one attached hydrogen (secondary N) is 1. The SMILES string of the molecule is COc1ccc(Br)cc1CCC(=O)NCC1CCCN1c1ccccc1. The Morgan fingerprint density at radius 2 is 2.08 bits per heavy atom. The minimum Gasteiger partial charge on any atom is -0.496 e. The van der Waals surface area contributed by atoms with E-state index in [2.05, 4.69) is 50.4 Å². The normalized spacial score (nSPS) is 16.5. The second-order valence-electron chi connectivity index (χ2n) is 6.59. The summed E-state index contributed by atoms with van der Waals surface area (Å²) in [4.78, 5) is 14.7. The lowest BCUT2D eigenvalue weighted by Crippen LogP contribution is -2.40. The van der Waals surface area contributed by atoms with E-state index in [0.29, 0.717) is 25.4 Å². The molecule has 2 aromatic rings. The number of carbonyl (C=O) groups is 1. The molecule has 4 nitrogen and oxygen atoms in total. The third kappa shape index (κ3) is 4.79. The number of hydrogen-bond acceptors (Lipinski definition) is 3. The molecule has 0 radical (unpaired) electrons. The Morgan fingerprint density at radius 3 is 2.85 bits per heavy atom. The van der Waals surface area contributed by atoms with E-state index in [1.54, 1.807) is 7.11 Å². The highest BCUT2D eigenvalue weighted by molar-refractivity contribution is 9.10. The van der Waals surface area contributed by atoms with Gasteiger partial charge >= 0.3 is 0 Å².